The lowest BCUT2D eigenvalue weighted by atomic mass is 10.1. The van der Waals surface area contributed by atoms with Gasteiger partial charge in [0.2, 0.25) is 0 Å². The number of pyridine rings is 2. The Balaban J connectivity index is 1.43. The predicted octanol–water partition coefficient (Wildman–Crippen LogP) is 4.72. The highest BCUT2D eigenvalue weighted by atomic mass is 17.2. The second-order valence-corrected chi connectivity index (χ2v) is 8.46. The van der Waals surface area contributed by atoms with Gasteiger partial charge < -0.3 is 5.32 Å². The van der Waals surface area contributed by atoms with Crippen LogP contribution in [0.15, 0.2) is 60.9 Å². The van der Waals surface area contributed by atoms with Crippen LogP contribution in [0, 0.1) is 6.92 Å². The minimum absolute atomic E-state index is 0.247. The van der Waals surface area contributed by atoms with Crippen LogP contribution in [-0.4, -0.2) is 36.7 Å². The Kier molecular flexibility index (Phi) is 6.75. The fraction of sp³-hybridized carbons (Fsp3) is 0.259. The van der Waals surface area contributed by atoms with Crippen molar-refractivity contribution in [3.05, 3.63) is 89.3 Å². The van der Waals surface area contributed by atoms with Crippen LogP contribution in [0.5, 0.6) is 0 Å². The van der Waals surface area contributed by atoms with E-state index in [2.05, 4.69) is 22.2 Å². The van der Waals surface area contributed by atoms with Crippen LogP contribution in [-0.2, 0) is 29.3 Å². The van der Waals surface area contributed by atoms with Crippen LogP contribution < -0.4 is 5.32 Å². The number of hydrogen-bond acceptors (Lipinski definition) is 6. The Morgan fingerprint density at radius 2 is 1.94 bits per heavy atom. The van der Waals surface area contributed by atoms with Crippen molar-refractivity contribution >= 4 is 28.1 Å². The van der Waals surface area contributed by atoms with Gasteiger partial charge in [0.05, 0.1) is 41.9 Å². The summed E-state index contributed by atoms with van der Waals surface area (Å²) in [5.74, 6) is -0.247. The van der Waals surface area contributed by atoms with E-state index in [9.17, 15) is 4.79 Å². The maximum absolute atomic E-state index is 13.3. The molecule has 184 valence electrons. The molecule has 5 rings (SSSR count). The molecular weight excluding hydrogens is 456 g/mol. The standard InChI is InChI=1S/C27H28N6O3/c1-4-21-26-22(10-7-11-23(26)33(31-21)16-20-9-6-8-18(3)29-20)30-27(34)24-15-28-25-14-19(12-13-32(24)25)17-36-35-5-2/h6-15H,4-5,16-17H2,1-3H3,(H,30,34). The van der Waals surface area contributed by atoms with Crippen LogP contribution in [0.25, 0.3) is 16.6 Å². The molecule has 0 spiro atoms. The maximum Gasteiger partial charge on any atom is 0.274 e. The van der Waals surface area contributed by atoms with Gasteiger partial charge in [0, 0.05) is 17.3 Å². The van der Waals surface area contributed by atoms with E-state index in [4.69, 9.17) is 14.9 Å². The number of hydrogen-bond donors (Lipinski definition) is 1. The maximum atomic E-state index is 13.3. The van der Waals surface area contributed by atoms with Gasteiger partial charge in [-0.3, -0.25) is 18.9 Å². The van der Waals surface area contributed by atoms with Crippen molar-refractivity contribution in [2.75, 3.05) is 11.9 Å². The molecule has 0 radical (unpaired) electrons. The molecule has 0 aliphatic rings. The number of carbonyl (C=O) groups is 1. The van der Waals surface area contributed by atoms with Crippen LogP contribution in [0.4, 0.5) is 5.69 Å². The van der Waals surface area contributed by atoms with Gasteiger partial charge in [-0.15, -0.1) is 0 Å². The Bertz CT molecular complexity index is 1540. The third-order valence-corrected chi connectivity index (χ3v) is 5.93. The lowest BCUT2D eigenvalue weighted by molar-refractivity contribution is -0.300. The molecule has 1 amide bonds. The number of anilines is 1. The van der Waals surface area contributed by atoms with Crippen molar-refractivity contribution in [3.8, 4) is 0 Å². The molecule has 9 heteroatoms. The van der Waals surface area contributed by atoms with E-state index in [1.54, 1.807) is 10.6 Å². The van der Waals surface area contributed by atoms with E-state index >= 15 is 0 Å². The van der Waals surface area contributed by atoms with E-state index in [0.717, 1.165) is 45.7 Å². The second kappa shape index (κ2) is 10.3. The lowest BCUT2D eigenvalue weighted by Crippen LogP contribution is -2.14. The zero-order valence-electron chi connectivity index (χ0n) is 20.6. The summed E-state index contributed by atoms with van der Waals surface area (Å²) in [5.41, 5.74) is 6.49. The summed E-state index contributed by atoms with van der Waals surface area (Å²) in [7, 11) is 0. The van der Waals surface area contributed by atoms with Gasteiger partial charge >= 0.3 is 0 Å². The van der Waals surface area contributed by atoms with Gasteiger partial charge in [0.25, 0.3) is 5.91 Å². The van der Waals surface area contributed by atoms with Gasteiger partial charge in [0.1, 0.15) is 17.9 Å². The van der Waals surface area contributed by atoms with Gasteiger partial charge in [-0.05, 0) is 62.2 Å². The van der Waals surface area contributed by atoms with E-state index < -0.39 is 0 Å². The number of nitrogens with one attached hydrogen (secondary N) is 1. The van der Waals surface area contributed by atoms with Crippen molar-refractivity contribution in [3.63, 3.8) is 0 Å². The Hall–Kier alpha value is -4.08. The fourth-order valence-corrected chi connectivity index (χ4v) is 4.28. The molecule has 5 aromatic rings. The average Bonchev–Trinajstić information content (AvgIpc) is 3.46. The van der Waals surface area contributed by atoms with Crippen molar-refractivity contribution in [1.29, 1.82) is 0 Å². The van der Waals surface area contributed by atoms with Crippen LogP contribution in [0.2, 0.25) is 0 Å². The highest BCUT2D eigenvalue weighted by Gasteiger charge is 2.18. The van der Waals surface area contributed by atoms with E-state index in [-0.39, 0.29) is 5.91 Å². The van der Waals surface area contributed by atoms with Crippen LogP contribution in [0.3, 0.4) is 0 Å². The Morgan fingerprint density at radius 1 is 1.08 bits per heavy atom. The monoisotopic (exact) mass is 484 g/mol. The third kappa shape index (κ3) is 4.71. The fourth-order valence-electron chi connectivity index (χ4n) is 4.28. The summed E-state index contributed by atoms with van der Waals surface area (Å²) in [6, 6.07) is 15.6. The number of amides is 1. The smallest absolute Gasteiger partial charge is 0.274 e. The van der Waals surface area contributed by atoms with Gasteiger partial charge in [0.15, 0.2) is 0 Å². The summed E-state index contributed by atoms with van der Waals surface area (Å²) in [6.07, 6.45) is 4.12. The van der Waals surface area contributed by atoms with Gasteiger partial charge in [-0.1, -0.05) is 19.1 Å². The Morgan fingerprint density at radius 3 is 2.75 bits per heavy atom. The molecule has 9 nitrogen and oxygen atoms in total. The zero-order chi connectivity index (χ0) is 25.1. The second-order valence-electron chi connectivity index (χ2n) is 8.46. The van der Waals surface area contributed by atoms with Crippen LogP contribution in [0.1, 0.15) is 47.0 Å². The van der Waals surface area contributed by atoms with E-state index in [1.165, 1.54) is 0 Å². The predicted molar refractivity (Wildman–Crippen MR) is 137 cm³/mol. The first-order valence-electron chi connectivity index (χ1n) is 12.0. The number of nitrogens with zero attached hydrogens (tertiary/aromatic N) is 5. The normalized spacial score (nSPS) is 11.4. The first-order valence-corrected chi connectivity index (χ1v) is 12.0. The molecule has 0 saturated heterocycles. The third-order valence-electron chi connectivity index (χ3n) is 5.93. The largest absolute Gasteiger partial charge is 0.320 e. The minimum Gasteiger partial charge on any atom is -0.320 e. The summed E-state index contributed by atoms with van der Waals surface area (Å²) in [6.45, 7) is 7.24. The molecule has 0 unspecified atom stereocenters. The number of fused-ring (bicyclic) bond motifs is 2. The first kappa shape index (κ1) is 23.7. The molecule has 1 aromatic carbocycles. The van der Waals surface area contributed by atoms with Gasteiger partial charge in [-0.2, -0.15) is 5.10 Å². The average molecular weight is 485 g/mol. The SMILES string of the molecule is CCOOCc1ccn2c(C(=O)Nc3cccc4c3c(CC)nn4Cc3cccc(C)n3)cnc2c1. The molecule has 0 saturated carbocycles. The number of carbonyl (C=O) groups excluding carboxylic acids is 1. The summed E-state index contributed by atoms with van der Waals surface area (Å²) >= 11 is 0. The highest BCUT2D eigenvalue weighted by Crippen LogP contribution is 2.28. The summed E-state index contributed by atoms with van der Waals surface area (Å²) in [5, 5.41) is 8.86. The van der Waals surface area contributed by atoms with Gasteiger partial charge in [-0.25, -0.2) is 14.8 Å². The number of rotatable bonds is 9. The quantitative estimate of drug-likeness (QED) is 0.185. The number of aromatic nitrogens is 5. The number of benzene rings is 1. The molecule has 4 heterocycles. The van der Waals surface area contributed by atoms with E-state index in [0.29, 0.717) is 31.1 Å². The molecule has 0 atom stereocenters. The van der Waals surface area contributed by atoms with Crippen molar-refractivity contribution < 1.29 is 14.6 Å². The Labute approximate surface area is 208 Å². The van der Waals surface area contributed by atoms with E-state index in [1.807, 2.05) is 73.3 Å². The number of imidazole rings is 1. The van der Waals surface area contributed by atoms with Crippen molar-refractivity contribution in [2.24, 2.45) is 0 Å². The zero-order valence-corrected chi connectivity index (χ0v) is 20.6. The topological polar surface area (TPSA) is 95.6 Å². The molecule has 0 aliphatic heterocycles. The molecule has 36 heavy (non-hydrogen) atoms. The molecular formula is C27H28N6O3. The molecule has 4 aromatic heterocycles. The minimum atomic E-state index is -0.247. The number of aryl methyl sites for hydroxylation is 2. The lowest BCUT2D eigenvalue weighted by Gasteiger charge is -2.09. The highest BCUT2D eigenvalue weighted by molar-refractivity contribution is 6.08. The molecule has 0 aliphatic carbocycles. The summed E-state index contributed by atoms with van der Waals surface area (Å²) in [4.78, 5) is 32.4. The first-order chi connectivity index (χ1) is 17.6. The van der Waals surface area contributed by atoms with Crippen molar-refractivity contribution in [2.45, 2.75) is 40.3 Å². The summed E-state index contributed by atoms with van der Waals surface area (Å²) < 4.78 is 3.71. The van der Waals surface area contributed by atoms with Crippen LogP contribution >= 0.6 is 0 Å². The molecule has 1 N–H and O–H groups in total. The van der Waals surface area contributed by atoms with Crippen molar-refractivity contribution in [1.82, 2.24) is 24.1 Å². The molecule has 0 fully saturated rings. The molecule has 0 bridgehead atoms.